The average molecular weight is 493 g/mol. The van der Waals surface area contributed by atoms with Crippen LogP contribution in [-0.2, 0) is 14.4 Å². The molecule has 2 aliphatic heterocycles. The maximum atomic E-state index is 13.6. The predicted octanol–water partition coefficient (Wildman–Crippen LogP) is 3.51. The Morgan fingerprint density at radius 1 is 0.917 bits per heavy atom. The van der Waals surface area contributed by atoms with E-state index in [0.717, 1.165) is 30.4 Å². The number of amides is 3. The van der Waals surface area contributed by atoms with Crippen LogP contribution in [0.15, 0.2) is 60.7 Å². The van der Waals surface area contributed by atoms with Gasteiger partial charge in [0.2, 0.25) is 17.7 Å². The first kappa shape index (κ1) is 27.4. The summed E-state index contributed by atoms with van der Waals surface area (Å²) in [4.78, 5) is 43.0. The molecule has 0 unspecified atom stereocenters. The van der Waals surface area contributed by atoms with Crippen LogP contribution in [0.2, 0.25) is 0 Å². The SMILES string of the molecule is CC.CN(C)CC(=O)N[C@H]1CCC[C@H]2CC[C@@H](C(=O)NC(c3ccccc3)c3ccccc3)N2C1=O. The summed E-state index contributed by atoms with van der Waals surface area (Å²) in [5, 5.41) is 6.12. The Bertz CT molecular complexity index is 957. The van der Waals surface area contributed by atoms with E-state index in [9.17, 15) is 14.4 Å². The molecule has 3 amide bonds. The minimum Gasteiger partial charge on any atom is -0.343 e. The third-order valence-corrected chi connectivity index (χ3v) is 6.74. The monoisotopic (exact) mass is 492 g/mol. The van der Waals surface area contributed by atoms with Gasteiger partial charge in [-0.2, -0.15) is 0 Å². The summed E-state index contributed by atoms with van der Waals surface area (Å²) in [5.41, 5.74) is 1.99. The van der Waals surface area contributed by atoms with Crippen molar-refractivity contribution in [2.24, 2.45) is 0 Å². The topological polar surface area (TPSA) is 81.8 Å². The highest BCUT2D eigenvalue weighted by Gasteiger charge is 2.45. The van der Waals surface area contributed by atoms with Crippen LogP contribution >= 0.6 is 0 Å². The number of carbonyl (C=O) groups is 3. The molecular weight excluding hydrogens is 452 g/mol. The molecule has 0 aliphatic carbocycles. The Morgan fingerprint density at radius 3 is 2.06 bits per heavy atom. The van der Waals surface area contributed by atoms with E-state index in [-0.39, 0.29) is 36.3 Å². The van der Waals surface area contributed by atoms with Crippen LogP contribution in [0, 0.1) is 0 Å². The van der Waals surface area contributed by atoms with Crippen LogP contribution in [0.3, 0.4) is 0 Å². The molecule has 2 aliphatic rings. The molecule has 2 N–H and O–H groups in total. The van der Waals surface area contributed by atoms with Gasteiger partial charge in [0.15, 0.2) is 0 Å². The number of hydrogen-bond acceptors (Lipinski definition) is 4. The highest BCUT2D eigenvalue weighted by atomic mass is 16.2. The van der Waals surface area contributed by atoms with Gasteiger partial charge < -0.3 is 20.4 Å². The molecule has 194 valence electrons. The van der Waals surface area contributed by atoms with Crippen molar-refractivity contribution in [2.75, 3.05) is 20.6 Å². The molecule has 2 heterocycles. The van der Waals surface area contributed by atoms with Crippen molar-refractivity contribution in [3.63, 3.8) is 0 Å². The summed E-state index contributed by atoms with van der Waals surface area (Å²) in [5.74, 6) is -0.452. The minimum absolute atomic E-state index is 0.0471. The fourth-order valence-corrected chi connectivity index (χ4v) is 5.17. The molecule has 36 heavy (non-hydrogen) atoms. The first-order valence-corrected chi connectivity index (χ1v) is 13.1. The van der Waals surface area contributed by atoms with Gasteiger partial charge in [-0.25, -0.2) is 0 Å². The van der Waals surface area contributed by atoms with E-state index in [2.05, 4.69) is 10.6 Å². The number of nitrogens with zero attached hydrogens (tertiary/aromatic N) is 2. The number of fused-ring (bicyclic) bond motifs is 1. The van der Waals surface area contributed by atoms with Crippen molar-refractivity contribution in [2.45, 2.75) is 70.1 Å². The maximum absolute atomic E-state index is 13.6. The molecule has 0 radical (unpaired) electrons. The second-order valence-corrected chi connectivity index (χ2v) is 9.54. The zero-order chi connectivity index (χ0) is 26.1. The molecule has 2 saturated heterocycles. The first-order chi connectivity index (χ1) is 17.4. The van der Waals surface area contributed by atoms with Crippen molar-refractivity contribution in [3.8, 4) is 0 Å². The summed E-state index contributed by atoms with van der Waals surface area (Å²) in [7, 11) is 3.64. The van der Waals surface area contributed by atoms with Gasteiger partial charge in [0.25, 0.3) is 0 Å². The molecule has 7 nitrogen and oxygen atoms in total. The van der Waals surface area contributed by atoms with Gasteiger partial charge >= 0.3 is 0 Å². The lowest BCUT2D eigenvalue weighted by atomic mass is 9.98. The number of carbonyl (C=O) groups excluding carboxylic acids is 3. The zero-order valence-corrected chi connectivity index (χ0v) is 21.9. The number of rotatable bonds is 7. The standard InChI is InChI=1S/C27H34N4O3.C2H6/c1-30(2)18-24(32)28-22-15-9-14-21-16-17-23(31(21)27(22)34)26(33)29-25(19-10-5-3-6-11-19)20-12-7-4-8-13-20;1-2/h3-8,10-13,21-23,25H,9,14-18H2,1-2H3,(H,28,32)(H,29,33);1-2H3/t21-,22-,23-;/m0./s1. The Labute approximate surface area is 215 Å². The summed E-state index contributed by atoms with van der Waals surface area (Å²) in [6, 6.07) is 18.4. The van der Waals surface area contributed by atoms with Gasteiger partial charge in [0, 0.05) is 6.04 Å². The van der Waals surface area contributed by atoms with Crippen LogP contribution in [0.25, 0.3) is 0 Å². The number of benzene rings is 2. The molecule has 7 heteroatoms. The Hall–Kier alpha value is -3.19. The van der Waals surface area contributed by atoms with Crippen LogP contribution in [-0.4, -0.2) is 66.3 Å². The molecule has 0 bridgehead atoms. The Morgan fingerprint density at radius 2 is 1.50 bits per heavy atom. The fraction of sp³-hybridized carbons (Fsp3) is 0.483. The van der Waals surface area contributed by atoms with E-state index >= 15 is 0 Å². The molecule has 2 aromatic carbocycles. The minimum atomic E-state index is -0.579. The quantitative estimate of drug-likeness (QED) is 0.620. The van der Waals surface area contributed by atoms with Crippen LogP contribution < -0.4 is 10.6 Å². The van der Waals surface area contributed by atoms with Crippen molar-refractivity contribution < 1.29 is 14.4 Å². The molecule has 0 saturated carbocycles. The van der Waals surface area contributed by atoms with Gasteiger partial charge in [0.05, 0.1) is 12.6 Å². The van der Waals surface area contributed by atoms with E-state index in [0.29, 0.717) is 12.8 Å². The number of hydrogen-bond donors (Lipinski definition) is 2. The van der Waals surface area contributed by atoms with E-state index in [1.54, 1.807) is 9.80 Å². The smallest absolute Gasteiger partial charge is 0.246 e. The molecule has 2 aromatic rings. The molecule has 3 atom stereocenters. The summed E-state index contributed by atoms with van der Waals surface area (Å²) in [6.45, 7) is 4.23. The van der Waals surface area contributed by atoms with E-state index < -0.39 is 12.1 Å². The van der Waals surface area contributed by atoms with Gasteiger partial charge in [0.1, 0.15) is 12.1 Å². The largest absolute Gasteiger partial charge is 0.343 e. The van der Waals surface area contributed by atoms with Crippen molar-refractivity contribution in [1.29, 1.82) is 0 Å². The second-order valence-electron chi connectivity index (χ2n) is 9.54. The van der Waals surface area contributed by atoms with Gasteiger partial charge in [-0.15, -0.1) is 0 Å². The lowest BCUT2D eigenvalue weighted by molar-refractivity contribution is -0.142. The van der Waals surface area contributed by atoms with Crippen LogP contribution in [0.1, 0.15) is 63.1 Å². The normalized spacial score (nSPS) is 21.3. The summed E-state index contributed by atoms with van der Waals surface area (Å²) in [6.07, 6.45) is 3.76. The summed E-state index contributed by atoms with van der Waals surface area (Å²) < 4.78 is 0. The zero-order valence-electron chi connectivity index (χ0n) is 21.9. The highest BCUT2D eigenvalue weighted by Crippen LogP contribution is 2.33. The van der Waals surface area contributed by atoms with Crippen LogP contribution in [0.5, 0.6) is 0 Å². The van der Waals surface area contributed by atoms with Crippen LogP contribution in [0.4, 0.5) is 0 Å². The maximum Gasteiger partial charge on any atom is 0.246 e. The third-order valence-electron chi connectivity index (χ3n) is 6.74. The van der Waals surface area contributed by atoms with Crippen molar-refractivity contribution in [1.82, 2.24) is 20.4 Å². The summed E-state index contributed by atoms with van der Waals surface area (Å²) >= 11 is 0. The molecular formula is C29H40N4O3. The Balaban J connectivity index is 0.00000176. The molecule has 4 rings (SSSR count). The molecule has 0 aromatic heterocycles. The van der Waals surface area contributed by atoms with E-state index in [1.165, 1.54) is 0 Å². The number of nitrogens with one attached hydrogen (secondary N) is 2. The van der Waals surface area contributed by atoms with Crippen molar-refractivity contribution in [3.05, 3.63) is 71.8 Å². The lowest BCUT2D eigenvalue weighted by Gasteiger charge is -2.32. The van der Waals surface area contributed by atoms with Crippen molar-refractivity contribution >= 4 is 17.7 Å². The highest BCUT2D eigenvalue weighted by molar-refractivity contribution is 5.93. The molecule has 2 fully saturated rings. The second kappa shape index (κ2) is 13.2. The third kappa shape index (κ3) is 6.72. The fourth-order valence-electron chi connectivity index (χ4n) is 5.17. The molecule has 0 spiro atoms. The van der Waals surface area contributed by atoms with E-state index in [1.807, 2.05) is 88.6 Å². The van der Waals surface area contributed by atoms with Gasteiger partial charge in [-0.1, -0.05) is 74.5 Å². The van der Waals surface area contributed by atoms with Gasteiger partial charge in [-0.3, -0.25) is 14.4 Å². The van der Waals surface area contributed by atoms with E-state index in [4.69, 9.17) is 0 Å². The average Bonchev–Trinajstić information content (AvgIpc) is 3.25. The Kier molecular flexibility index (Phi) is 10.1. The predicted molar refractivity (Wildman–Crippen MR) is 142 cm³/mol. The van der Waals surface area contributed by atoms with Gasteiger partial charge in [-0.05, 0) is 57.3 Å². The lowest BCUT2D eigenvalue weighted by Crippen LogP contribution is -2.55. The number of likely N-dealkylation sites (N-methyl/N-ethyl adjacent to an activating group) is 1. The first-order valence-electron chi connectivity index (χ1n) is 13.1.